The minimum Gasteiger partial charge on any atom is -0.452 e. The van der Waals surface area contributed by atoms with E-state index in [1.807, 2.05) is 12.1 Å². The van der Waals surface area contributed by atoms with Crippen molar-refractivity contribution in [3.05, 3.63) is 53.8 Å². The van der Waals surface area contributed by atoms with Crippen LogP contribution in [0.25, 0.3) is 0 Å². The van der Waals surface area contributed by atoms with Gasteiger partial charge in [0.15, 0.2) is 0 Å². The Labute approximate surface area is 128 Å². The number of nitrogens with one attached hydrogen (secondary N) is 1. The second-order valence-corrected chi connectivity index (χ2v) is 4.70. The summed E-state index contributed by atoms with van der Waals surface area (Å²) in [6.45, 7) is 1.03. The molecule has 21 heavy (non-hydrogen) atoms. The zero-order valence-corrected chi connectivity index (χ0v) is 12.4. The number of benzene rings is 1. The van der Waals surface area contributed by atoms with Crippen molar-refractivity contribution in [2.45, 2.75) is 0 Å². The Bertz CT molecular complexity index is 575. The minimum absolute atomic E-state index is 0.412. The molecule has 1 N–H and O–H groups in total. The van der Waals surface area contributed by atoms with Crippen LogP contribution in [-0.2, 0) is 4.74 Å². The number of hydrogen-bond donors (Lipinski definition) is 1. The highest BCUT2D eigenvalue weighted by Crippen LogP contribution is 2.18. The Morgan fingerprint density at radius 1 is 1.33 bits per heavy atom. The first-order valence-corrected chi connectivity index (χ1v) is 6.83. The fourth-order valence-corrected chi connectivity index (χ4v) is 1.96. The number of anilines is 2. The molecule has 0 aliphatic carbocycles. The van der Waals surface area contributed by atoms with E-state index in [2.05, 4.69) is 10.3 Å². The third kappa shape index (κ3) is 4.36. The van der Waals surface area contributed by atoms with Crippen molar-refractivity contribution in [3.63, 3.8) is 0 Å². The molecular formula is C15H16ClN3O2. The number of ether oxygens (including phenoxy) is 1. The minimum atomic E-state index is -0.412. The first-order chi connectivity index (χ1) is 10.2. The molecule has 0 saturated carbocycles. The fraction of sp³-hybridized carbons (Fsp3) is 0.200. The normalized spacial score (nSPS) is 10.0. The number of aromatic nitrogens is 1. The van der Waals surface area contributed by atoms with Gasteiger partial charge in [0.25, 0.3) is 0 Å². The molecule has 1 amide bonds. The van der Waals surface area contributed by atoms with E-state index in [1.165, 1.54) is 7.11 Å². The summed E-state index contributed by atoms with van der Waals surface area (Å²) in [5.74, 6) is 0. The maximum atomic E-state index is 11.9. The largest absolute Gasteiger partial charge is 0.452 e. The second-order valence-electron chi connectivity index (χ2n) is 4.27. The highest BCUT2D eigenvalue weighted by Gasteiger charge is 2.15. The highest BCUT2D eigenvalue weighted by atomic mass is 35.5. The molecule has 5 nitrogen and oxygen atoms in total. The van der Waals surface area contributed by atoms with Gasteiger partial charge in [-0.15, -0.1) is 0 Å². The maximum absolute atomic E-state index is 11.9. The Hall–Kier alpha value is -2.27. The predicted molar refractivity (Wildman–Crippen MR) is 83.9 cm³/mol. The molecule has 1 aromatic heterocycles. The lowest BCUT2D eigenvalue weighted by Crippen LogP contribution is -2.35. The molecule has 110 valence electrons. The molecule has 0 atom stereocenters. The van der Waals surface area contributed by atoms with Gasteiger partial charge in [-0.3, -0.25) is 9.88 Å². The van der Waals surface area contributed by atoms with Crippen molar-refractivity contribution in [2.24, 2.45) is 0 Å². The lowest BCUT2D eigenvalue weighted by Gasteiger charge is -2.21. The standard InChI is InChI=1S/C15H16ClN3O2/c1-21-15(20)19(14-6-4-12(16)5-7-14)10-9-18-13-3-2-8-17-11-13/h2-8,11,18H,9-10H2,1H3. The van der Waals surface area contributed by atoms with E-state index >= 15 is 0 Å². The van der Waals surface area contributed by atoms with E-state index in [-0.39, 0.29) is 0 Å². The summed E-state index contributed by atoms with van der Waals surface area (Å²) >= 11 is 5.86. The van der Waals surface area contributed by atoms with Gasteiger partial charge in [-0.25, -0.2) is 4.79 Å². The van der Waals surface area contributed by atoms with Crippen molar-refractivity contribution < 1.29 is 9.53 Å². The van der Waals surface area contributed by atoms with E-state index < -0.39 is 6.09 Å². The third-order valence-corrected chi connectivity index (χ3v) is 3.11. The van der Waals surface area contributed by atoms with Gasteiger partial charge in [0.1, 0.15) is 0 Å². The molecule has 1 heterocycles. The summed E-state index contributed by atoms with van der Waals surface area (Å²) in [7, 11) is 1.36. The molecule has 0 spiro atoms. The highest BCUT2D eigenvalue weighted by molar-refractivity contribution is 6.30. The van der Waals surface area contributed by atoms with Crippen LogP contribution in [0.4, 0.5) is 16.2 Å². The number of halogens is 1. The van der Waals surface area contributed by atoms with Crippen LogP contribution < -0.4 is 10.2 Å². The van der Waals surface area contributed by atoms with Crippen molar-refractivity contribution in [1.82, 2.24) is 4.98 Å². The summed E-state index contributed by atoms with van der Waals surface area (Å²) in [5, 5.41) is 3.82. The third-order valence-electron chi connectivity index (χ3n) is 2.86. The number of rotatable bonds is 5. The molecule has 6 heteroatoms. The summed E-state index contributed by atoms with van der Waals surface area (Å²) in [5.41, 5.74) is 1.64. The topological polar surface area (TPSA) is 54.5 Å². The molecule has 0 radical (unpaired) electrons. The maximum Gasteiger partial charge on any atom is 0.414 e. The van der Waals surface area contributed by atoms with Crippen LogP contribution in [0, 0.1) is 0 Å². The van der Waals surface area contributed by atoms with Gasteiger partial charge in [0.2, 0.25) is 0 Å². The molecule has 0 aliphatic heterocycles. The Morgan fingerprint density at radius 2 is 2.10 bits per heavy atom. The lowest BCUT2D eigenvalue weighted by molar-refractivity contribution is 0.179. The van der Waals surface area contributed by atoms with E-state index in [1.54, 1.807) is 41.6 Å². The first kappa shape index (κ1) is 15.1. The van der Waals surface area contributed by atoms with Crippen LogP contribution in [0.5, 0.6) is 0 Å². The quantitative estimate of drug-likeness (QED) is 0.919. The number of carbonyl (C=O) groups excluding carboxylic acids is 1. The first-order valence-electron chi connectivity index (χ1n) is 6.45. The average Bonchev–Trinajstić information content (AvgIpc) is 2.53. The van der Waals surface area contributed by atoms with Gasteiger partial charge in [0.05, 0.1) is 12.8 Å². The van der Waals surface area contributed by atoms with Crippen LogP contribution in [0.3, 0.4) is 0 Å². The van der Waals surface area contributed by atoms with Crippen molar-refractivity contribution in [2.75, 3.05) is 30.4 Å². The van der Waals surface area contributed by atoms with Gasteiger partial charge in [-0.2, -0.15) is 0 Å². The molecule has 2 rings (SSSR count). The molecule has 2 aromatic rings. The number of pyridine rings is 1. The van der Waals surface area contributed by atoms with Crippen molar-refractivity contribution >= 4 is 29.1 Å². The summed E-state index contributed by atoms with van der Waals surface area (Å²) in [6.07, 6.45) is 3.02. The van der Waals surface area contributed by atoms with Gasteiger partial charge in [-0.1, -0.05) is 11.6 Å². The Kier molecular flexibility index (Phi) is 5.40. The molecular weight excluding hydrogens is 290 g/mol. The molecule has 1 aromatic carbocycles. The van der Waals surface area contributed by atoms with E-state index in [0.717, 1.165) is 11.4 Å². The van der Waals surface area contributed by atoms with Crippen LogP contribution >= 0.6 is 11.6 Å². The number of amides is 1. The summed E-state index contributed by atoms with van der Waals surface area (Å²) in [4.78, 5) is 17.4. The van der Waals surface area contributed by atoms with Crippen LogP contribution in [0.1, 0.15) is 0 Å². The molecule has 0 aliphatic rings. The summed E-state index contributed by atoms with van der Waals surface area (Å²) < 4.78 is 4.81. The van der Waals surface area contributed by atoms with Gasteiger partial charge < -0.3 is 10.1 Å². The smallest absolute Gasteiger partial charge is 0.414 e. The monoisotopic (exact) mass is 305 g/mol. The zero-order chi connectivity index (χ0) is 15.1. The van der Waals surface area contributed by atoms with Crippen LogP contribution in [0.15, 0.2) is 48.8 Å². The lowest BCUT2D eigenvalue weighted by atomic mass is 10.3. The SMILES string of the molecule is COC(=O)N(CCNc1cccnc1)c1ccc(Cl)cc1. The number of methoxy groups -OCH3 is 1. The van der Waals surface area contributed by atoms with E-state index in [4.69, 9.17) is 16.3 Å². The van der Waals surface area contributed by atoms with Crippen molar-refractivity contribution in [3.8, 4) is 0 Å². The van der Waals surface area contributed by atoms with Crippen molar-refractivity contribution in [1.29, 1.82) is 0 Å². The van der Waals surface area contributed by atoms with Crippen LogP contribution in [-0.4, -0.2) is 31.3 Å². The van der Waals surface area contributed by atoms with Gasteiger partial charge in [-0.05, 0) is 36.4 Å². The van der Waals surface area contributed by atoms with Gasteiger partial charge >= 0.3 is 6.09 Å². The van der Waals surface area contributed by atoms with E-state index in [9.17, 15) is 4.79 Å². The molecule has 0 bridgehead atoms. The number of hydrogen-bond acceptors (Lipinski definition) is 4. The number of nitrogens with zero attached hydrogens (tertiary/aromatic N) is 2. The number of carbonyl (C=O) groups is 1. The zero-order valence-electron chi connectivity index (χ0n) is 11.6. The molecule has 0 fully saturated rings. The predicted octanol–water partition coefficient (Wildman–Crippen LogP) is 3.42. The second kappa shape index (κ2) is 7.50. The Balaban J connectivity index is 2.00. The van der Waals surface area contributed by atoms with E-state index in [0.29, 0.717) is 18.1 Å². The van der Waals surface area contributed by atoms with Gasteiger partial charge in [0, 0.05) is 36.2 Å². The Morgan fingerprint density at radius 3 is 2.71 bits per heavy atom. The fourth-order valence-electron chi connectivity index (χ4n) is 1.84. The molecule has 0 unspecified atom stereocenters. The van der Waals surface area contributed by atoms with Crippen LogP contribution in [0.2, 0.25) is 5.02 Å². The summed E-state index contributed by atoms with van der Waals surface area (Å²) in [6, 6.07) is 10.8. The average molecular weight is 306 g/mol. The molecule has 0 saturated heterocycles.